The molecule has 0 aliphatic carbocycles. The Labute approximate surface area is 180 Å². The van der Waals surface area contributed by atoms with Crippen molar-refractivity contribution >= 4 is 17.8 Å². The minimum atomic E-state index is -1.14. The molecule has 2 aromatic rings. The fourth-order valence-corrected chi connectivity index (χ4v) is 3.02. The van der Waals surface area contributed by atoms with Crippen LogP contribution in [0.15, 0.2) is 36.8 Å². The molecule has 0 spiro atoms. The van der Waals surface area contributed by atoms with Crippen LogP contribution in [0.3, 0.4) is 0 Å². The Hall–Kier alpha value is -3.40. The van der Waals surface area contributed by atoms with Gasteiger partial charge in [-0.05, 0) is 30.0 Å². The van der Waals surface area contributed by atoms with Crippen LogP contribution in [0.5, 0.6) is 5.75 Å². The van der Waals surface area contributed by atoms with Crippen molar-refractivity contribution in [1.29, 1.82) is 0 Å². The SMILES string of the molecule is CCC(C)C(NC(=O)C(Cc1cnc[nH]1)NC(=O)C(N)Cc1ccc(O)cc1)C(=O)O. The molecule has 10 nitrogen and oxygen atoms in total. The predicted molar refractivity (Wildman–Crippen MR) is 113 cm³/mol. The number of amides is 2. The van der Waals surface area contributed by atoms with E-state index in [2.05, 4.69) is 20.6 Å². The summed E-state index contributed by atoms with van der Waals surface area (Å²) in [6, 6.07) is 3.24. The van der Waals surface area contributed by atoms with E-state index < -0.39 is 35.9 Å². The van der Waals surface area contributed by atoms with Crippen molar-refractivity contribution in [1.82, 2.24) is 20.6 Å². The molecular formula is C21H29N5O5. The zero-order valence-electron chi connectivity index (χ0n) is 17.5. The number of nitrogens with two attached hydrogens (primary N) is 1. The maximum Gasteiger partial charge on any atom is 0.326 e. The average molecular weight is 431 g/mol. The van der Waals surface area contributed by atoms with Gasteiger partial charge in [-0.2, -0.15) is 0 Å². The quantitative estimate of drug-likeness (QED) is 0.298. The van der Waals surface area contributed by atoms with Gasteiger partial charge in [0.25, 0.3) is 0 Å². The Kier molecular flexibility index (Phi) is 8.56. The van der Waals surface area contributed by atoms with Gasteiger partial charge in [0.05, 0.1) is 12.4 Å². The Morgan fingerprint density at radius 2 is 1.81 bits per heavy atom. The van der Waals surface area contributed by atoms with Crippen LogP contribution in [0.4, 0.5) is 0 Å². The molecule has 2 rings (SSSR count). The van der Waals surface area contributed by atoms with Crippen LogP contribution in [0.1, 0.15) is 31.5 Å². The van der Waals surface area contributed by atoms with E-state index >= 15 is 0 Å². The first-order chi connectivity index (χ1) is 14.7. The zero-order valence-corrected chi connectivity index (χ0v) is 17.5. The molecule has 2 amide bonds. The standard InChI is InChI=1S/C21H29N5O5/c1-3-12(2)18(21(30)31)26-20(29)17(9-14-10-23-11-24-14)25-19(28)16(22)8-13-4-6-15(27)7-5-13/h4-7,10-12,16-18,27H,3,8-9,22H2,1-2H3,(H,23,24)(H,25,28)(H,26,29)(H,30,31). The Bertz CT molecular complexity index is 869. The summed E-state index contributed by atoms with van der Waals surface area (Å²) in [5.74, 6) is -2.50. The van der Waals surface area contributed by atoms with E-state index in [-0.39, 0.29) is 24.5 Å². The van der Waals surface area contributed by atoms with Gasteiger partial charge < -0.3 is 31.6 Å². The highest BCUT2D eigenvalue weighted by molar-refractivity contribution is 5.92. The van der Waals surface area contributed by atoms with Gasteiger partial charge in [0.2, 0.25) is 11.8 Å². The molecule has 1 heterocycles. The summed E-state index contributed by atoms with van der Waals surface area (Å²) in [6.45, 7) is 3.56. The second-order valence-electron chi connectivity index (χ2n) is 7.53. The highest BCUT2D eigenvalue weighted by Crippen LogP contribution is 2.12. The van der Waals surface area contributed by atoms with Crippen molar-refractivity contribution in [2.75, 3.05) is 0 Å². The maximum atomic E-state index is 12.9. The van der Waals surface area contributed by atoms with Crippen molar-refractivity contribution in [3.05, 3.63) is 48.0 Å². The van der Waals surface area contributed by atoms with Crippen LogP contribution in [-0.2, 0) is 27.2 Å². The number of carboxylic acid groups (broad SMARTS) is 1. The first kappa shape index (κ1) is 23.9. The smallest absolute Gasteiger partial charge is 0.326 e. The van der Waals surface area contributed by atoms with Crippen LogP contribution < -0.4 is 16.4 Å². The van der Waals surface area contributed by atoms with Crippen LogP contribution in [0, 0.1) is 5.92 Å². The number of hydrogen-bond acceptors (Lipinski definition) is 6. The molecule has 0 fully saturated rings. The summed E-state index contributed by atoms with van der Waals surface area (Å²) < 4.78 is 0. The largest absolute Gasteiger partial charge is 0.508 e. The predicted octanol–water partition coefficient (Wildman–Crippen LogP) is 0.328. The third-order valence-electron chi connectivity index (χ3n) is 5.12. The molecule has 0 aliphatic rings. The van der Waals surface area contributed by atoms with Crippen molar-refractivity contribution in [2.24, 2.45) is 11.7 Å². The first-order valence-electron chi connectivity index (χ1n) is 10.1. The lowest BCUT2D eigenvalue weighted by Crippen LogP contribution is -2.56. The van der Waals surface area contributed by atoms with Crippen LogP contribution in [-0.4, -0.2) is 56.1 Å². The van der Waals surface area contributed by atoms with Crippen molar-refractivity contribution in [3.8, 4) is 5.75 Å². The molecule has 0 saturated carbocycles. The molecule has 0 saturated heterocycles. The van der Waals surface area contributed by atoms with E-state index in [0.717, 1.165) is 5.56 Å². The molecule has 0 aliphatic heterocycles. The summed E-state index contributed by atoms with van der Waals surface area (Å²) in [5.41, 5.74) is 7.36. The molecule has 7 N–H and O–H groups in total. The number of aromatic hydroxyl groups is 1. The van der Waals surface area contributed by atoms with Crippen molar-refractivity contribution in [2.45, 2.75) is 51.2 Å². The Morgan fingerprint density at radius 3 is 2.35 bits per heavy atom. The van der Waals surface area contributed by atoms with Gasteiger partial charge in [0.15, 0.2) is 0 Å². The lowest BCUT2D eigenvalue weighted by Gasteiger charge is -2.25. The van der Waals surface area contributed by atoms with E-state index in [4.69, 9.17) is 5.73 Å². The third-order valence-corrected chi connectivity index (χ3v) is 5.12. The summed E-state index contributed by atoms with van der Waals surface area (Å²) in [5, 5.41) is 24.0. The number of benzene rings is 1. The van der Waals surface area contributed by atoms with Gasteiger partial charge in [-0.1, -0.05) is 32.4 Å². The van der Waals surface area contributed by atoms with Gasteiger partial charge in [-0.15, -0.1) is 0 Å². The minimum Gasteiger partial charge on any atom is -0.508 e. The number of phenols is 1. The summed E-state index contributed by atoms with van der Waals surface area (Å²) >= 11 is 0. The van der Waals surface area contributed by atoms with Crippen molar-refractivity contribution < 1.29 is 24.6 Å². The number of aromatic amines is 1. The normalized spacial score (nSPS) is 14.8. The monoisotopic (exact) mass is 431 g/mol. The number of nitrogens with one attached hydrogen (secondary N) is 3. The molecule has 1 aromatic heterocycles. The van der Waals surface area contributed by atoms with Gasteiger partial charge >= 0.3 is 5.97 Å². The number of carboxylic acids is 1. The number of carbonyl (C=O) groups excluding carboxylic acids is 2. The molecule has 0 bridgehead atoms. The lowest BCUT2D eigenvalue weighted by atomic mass is 9.98. The number of aliphatic carboxylic acids is 1. The van der Waals surface area contributed by atoms with Gasteiger partial charge in [-0.3, -0.25) is 9.59 Å². The highest BCUT2D eigenvalue weighted by Gasteiger charge is 2.30. The minimum absolute atomic E-state index is 0.0936. The first-order valence-corrected chi connectivity index (χ1v) is 10.1. The van der Waals surface area contributed by atoms with E-state index in [0.29, 0.717) is 12.1 Å². The molecule has 1 aromatic carbocycles. The number of phenolic OH excluding ortho intramolecular Hbond substituents is 1. The summed E-state index contributed by atoms with van der Waals surface area (Å²) in [7, 11) is 0. The Balaban J connectivity index is 2.10. The van der Waals surface area contributed by atoms with E-state index in [1.165, 1.54) is 24.7 Å². The van der Waals surface area contributed by atoms with Crippen LogP contribution >= 0.6 is 0 Å². The number of aromatic nitrogens is 2. The molecule has 4 unspecified atom stereocenters. The van der Waals surface area contributed by atoms with E-state index in [9.17, 15) is 24.6 Å². The van der Waals surface area contributed by atoms with Crippen LogP contribution in [0.25, 0.3) is 0 Å². The number of rotatable bonds is 11. The number of carbonyl (C=O) groups is 3. The molecule has 0 radical (unpaired) electrons. The average Bonchev–Trinajstić information content (AvgIpc) is 3.25. The Morgan fingerprint density at radius 1 is 1.13 bits per heavy atom. The van der Waals surface area contributed by atoms with E-state index in [1.54, 1.807) is 19.1 Å². The number of H-pyrrole nitrogens is 1. The van der Waals surface area contributed by atoms with Gasteiger partial charge in [0, 0.05) is 18.3 Å². The van der Waals surface area contributed by atoms with E-state index in [1.807, 2.05) is 6.92 Å². The molecular weight excluding hydrogens is 402 g/mol. The summed E-state index contributed by atoms with van der Waals surface area (Å²) in [4.78, 5) is 43.9. The zero-order chi connectivity index (χ0) is 23.0. The summed E-state index contributed by atoms with van der Waals surface area (Å²) in [6.07, 6.45) is 3.83. The van der Waals surface area contributed by atoms with Gasteiger partial charge in [-0.25, -0.2) is 9.78 Å². The van der Waals surface area contributed by atoms with Crippen molar-refractivity contribution in [3.63, 3.8) is 0 Å². The molecule has 4 atom stereocenters. The highest BCUT2D eigenvalue weighted by atomic mass is 16.4. The lowest BCUT2D eigenvalue weighted by molar-refractivity contribution is -0.143. The van der Waals surface area contributed by atoms with Gasteiger partial charge in [0.1, 0.15) is 17.8 Å². The molecule has 168 valence electrons. The third kappa shape index (κ3) is 7.10. The van der Waals surface area contributed by atoms with Crippen LogP contribution in [0.2, 0.25) is 0 Å². The number of nitrogens with zero attached hydrogens (tertiary/aromatic N) is 1. The second kappa shape index (κ2) is 11.1. The number of imidazole rings is 1. The maximum absolute atomic E-state index is 12.9. The topological polar surface area (TPSA) is 170 Å². The fourth-order valence-electron chi connectivity index (χ4n) is 3.02. The second-order valence-corrected chi connectivity index (χ2v) is 7.53. The molecule has 10 heteroatoms. The molecule has 31 heavy (non-hydrogen) atoms. The fraction of sp³-hybridized carbons (Fsp3) is 0.429. The number of hydrogen-bond donors (Lipinski definition) is 6.